The van der Waals surface area contributed by atoms with Crippen molar-refractivity contribution in [1.29, 1.82) is 0 Å². The van der Waals surface area contributed by atoms with Gasteiger partial charge in [-0.05, 0) is 36.8 Å². The summed E-state index contributed by atoms with van der Waals surface area (Å²) in [6.45, 7) is 1.07. The molecule has 0 amide bonds. The summed E-state index contributed by atoms with van der Waals surface area (Å²) < 4.78 is 45.6. The highest BCUT2D eigenvalue weighted by Gasteiger charge is 2.17. The minimum atomic E-state index is -3.70. The van der Waals surface area contributed by atoms with Crippen LogP contribution in [-0.4, -0.2) is 25.2 Å². The quantitative estimate of drug-likeness (QED) is 0.580. The van der Waals surface area contributed by atoms with Crippen LogP contribution in [0, 0.1) is 5.82 Å². The van der Waals surface area contributed by atoms with E-state index in [-0.39, 0.29) is 50.8 Å². The Bertz CT molecular complexity index is 991. The molecule has 0 unspecified atom stereocenters. The number of aliphatic carboxylic acids is 1. The molecule has 0 saturated heterocycles. The Hall–Kier alpha value is -1.74. The first kappa shape index (κ1) is 22.5. The molecule has 0 spiro atoms. The maximum atomic E-state index is 14.6. The number of carboxylic acid groups (broad SMARTS) is 1. The van der Waals surface area contributed by atoms with Crippen LogP contribution in [0.3, 0.4) is 0 Å². The Morgan fingerprint density at radius 1 is 1.18 bits per heavy atom. The number of hydrogen-bond acceptors (Lipinski definition) is 4. The van der Waals surface area contributed by atoms with E-state index in [4.69, 9.17) is 44.6 Å². The number of sulfonamides is 1. The summed E-state index contributed by atoms with van der Waals surface area (Å²) in [6.07, 6.45) is -0.274. The molecule has 0 radical (unpaired) electrons. The van der Waals surface area contributed by atoms with Crippen molar-refractivity contribution in [3.8, 4) is 5.75 Å². The molecule has 0 aliphatic rings. The predicted molar refractivity (Wildman–Crippen MR) is 107 cm³/mol. The molecule has 0 atom stereocenters. The lowest BCUT2D eigenvalue weighted by Gasteiger charge is -2.14. The van der Waals surface area contributed by atoms with Crippen molar-refractivity contribution in [1.82, 2.24) is 0 Å². The van der Waals surface area contributed by atoms with Crippen LogP contribution in [0.2, 0.25) is 15.1 Å². The average molecular weight is 471 g/mol. The standard InChI is InChI=1S/C17H15Cl3FNO5S/c1-2-28(25,26)22-14-7-11(18)6-10(16(14)21)8-27-17-12(19)3-9(4-13(17)20)5-15(23)24/h3-4,6-7,22H,2,5,8H2,1H3,(H,23,24). The third kappa shape index (κ3) is 5.88. The molecule has 6 nitrogen and oxygen atoms in total. The molecule has 0 bridgehead atoms. The maximum Gasteiger partial charge on any atom is 0.307 e. The van der Waals surface area contributed by atoms with Gasteiger partial charge in [-0.15, -0.1) is 0 Å². The van der Waals surface area contributed by atoms with Gasteiger partial charge in [-0.2, -0.15) is 0 Å². The van der Waals surface area contributed by atoms with Crippen molar-refractivity contribution < 1.29 is 27.4 Å². The smallest absolute Gasteiger partial charge is 0.307 e. The molecule has 2 aromatic rings. The molecule has 0 heterocycles. The zero-order chi connectivity index (χ0) is 21.1. The van der Waals surface area contributed by atoms with Crippen LogP contribution in [0.1, 0.15) is 18.1 Å². The van der Waals surface area contributed by atoms with Crippen LogP contribution < -0.4 is 9.46 Å². The van der Waals surface area contributed by atoms with Crippen molar-refractivity contribution in [2.24, 2.45) is 0 Å². The number of nitrogens with one attached hydrogen (secondary N) is 1. The van der Waals surface area contributed by atoms with E-state index in [1.165, 1.54) is 25.1 Å². The first-order valence-corrected chi connectivity index (χ1v) is 10.6. The molecule has 28 heavy (non-hydrogen) atoms. The topological polar surface area (TPSA) is 92.7 Å². The van der Waals surface area contributed by atoms with E-state index < -0.39 is 21.8 Å². The zero-order valence-corrected chi connectivity index (χ0v) is 17.5. The lowest BCUT2D eigenvalue weighted by molar-refractivity contribution is -0.136. The van der Waals surface area contributed by atoms with E-state index in [9.17, 15) is 17.6 Å². The van der Waals surface area contributed by atoms with E-state index in [0.29, 0.717) is 5.56 Å². The van der Waals surface area contributed by atoms with Gasteiger partial charge in [0.15, 0.2) is 11.6 Å². The second-order valence-corrected chi connectivity index (χ2v) is 8.94. The van der Waals surface area contributed by atoms with Gasteiger partial charge in [-0.3, -0.25) is 9.52 Å². The highest BCUT2D eigenvalue weighted by molar-refractivity contribution is 7.92. The van der Waals surface area contributed by atoms with E-state index in [2.05, 4.69) is 4.72 Å². The van der Waals surface area contributed by atoms with Gasteiger partial charge in [-0.1, -0.05) is 34.8 Å². The summed E-state index contributed by atoms with van der Waals surface area (Å²) in [6, 6.07) is 5.19. The van der Waals surface area contributed by atoms with Crippen LogP contribution in [-0.2, 0) is 27.8 Å². The molecular weight excluding hydrogens is 456 g/mol. The molecule has 0 aliphatic heterocycles. The van der Waals surface area contributed by atoms with E-state index in [0.717, 1.165) is 6.07 Å². The fourth-order valence-corrected chi connectivity index (χ4v) is 3.75. The number of carbonyl (C=O) groups is 1. The Kier molecular flexibility index (Phi) is 7.39. The van der Waals surface area contributed by atoms with Gasteiger partial charge in [0.1, 0.15) is 6.61 Å². The molecule has 152 valence electrons. The SMILES string of the molecule is CCS(=O)(=O)Nc1cc(Cl)cc(COc2c(Cl)cc(CC(=O)O)cc2Cl)c1F. The first-order valence-electron chi connectivity index (χ1n) is 7.83. The third-order valence-corrected chi connectivity index (χ3v) is 5.61. The Balaban J connectivity index is 2.28. The molecule has 0 saturated carbocycles. The molecule has 0 aromatic heterocycles. The number of ether oxygens (including phenoxy) is 1. The number of carboxylic acids is 1. The molecule has 2 rings (SSSR count). The third-order valence-electron chi connectivity index (χ3n) is 3.54. The fourth-order valence-electron chi connectivity index (χ4n) is 2.24. The summed E-state index contributed by atoms with van der Waals surface area (Å²) in [7, 11) is -3.70. The normalized spacial score (nSPS) is 11.3. The van der Waals surface area contributed by atoms with Crippen molar-refractivity contribution in [2.75, 3.05) is 10.5 Å². The van der Waals surface area contributed by atoms with Gasteiger partial charge in [0, 0.05) is 10.6 Å². The highest BCUT2D eigenvalue weighted by atomic mass is 35.5. The monoisotopic (exact) mass is 469 g/mol. The molecule has 0 fully saturated rings. The summed E-state index contributed by atoms with van der Waals surface area (Å²) >= 11 is 18.1. The summed E-state index contributed by atoms with van der Waals surface area (Å²) in [5.41, 5.74) is 0.0463. The Morgan fingerprint density at radius 2 is 1.79 bits per heavy atom. The molecular formula is C17H15Cl3FNO5S. The summed E-state index contributed by atoms with van der Waals surface area (Å²) in [4.78, 5) is 10.8. The molecule has 0 aliphatic carbocycles. The minimum absolute atomic E-state index is 0.0250. The first-order chi connectivity index (χ1) is 13.0. The van der Waals surface area contributed by atoms with Gasteiger partial charge >= 0.3 is 5.97 Å². The molecule has 2 N–H and O–H groups in total. The van der Waals surface area contributed by atoms with Gasteiger partial charge in [0.05, 0.1) is 27.9 Å². The van der Waals surface area contributed by atoms with Crippen molar-refractivity contribution in [3.63, 3.8) is 0 Å². The van der Waals surface area contributed by atoms with Crippen molar-refractivity contribution in [2.45, 2.75) is 20.0 Å². The van der Waals surface area contributed by atoms with Crippen LogP contribution in [0.25, 0.3) is 0 Å². The molecule has 11 heteroatoms. The lowest BCUT2D eigenvalue weighted by atomic mass is 10.1. The van der Waals surface area contributed by atoms with Crippen molar-refractivity contribution in [3.05, 3.63) is 56.3 Å². The van der Waals surface area contributed by atoms with Gasteiger partial charge in [0.25, 0.3) is 0 Å². The lowest BCUT2D eigenvalue weighted by Crippen LogP contribution is -2.16. The van der Waals surface area contributed by atoms with E-state index >= 15 is 0 Å². The number of hydrogen-bond donors (Lipinski definition) is 2. The Labute approximate surface area is 176 Å². The number of rotatable bonds is 8. The number of halogens is 4. The number of anilines is 1. The second kappa shape index (κ2) is 9.17. The van der Waals surface area contributed by atoms with Gasteiger partial charge in [0.2, 0.25) is 10.0 Å². The zero-order valence-electron chi connectivity index (χ0n) is 14.4. The van der Waals surface area contributed by atoms with Gasteiger partial charge < -0.3 is 9.84 Å². The Morgan fingerprint density at radius 3 is 2.32 bits per heavy atom. The van der Waals surface area contributed by atoms with E-state index in [1.54, 1.807) is 0 Å². The highest BCUT2D eigenvalue weighted by Crippen LogP contribution is 2.35. The fraction of sp³-hybridized carbons (Fsp3) is 0.235. The van der Waals surface area contributed by atoms with Gasteiger partial charge in [-0.25, -0.2) is 12.8 Å². The van der Waals surface area contributed by atoms with E-state index in [1.807, 2.05) is 0 Å². The summed E-state index contributed by atoms with van der Waals surface area (Å²) in [5.74, 6) is -2.11. The average Bonchev–Trinajstić information content (AvgIpc) is 2.57. The largest absolute Gasteiger partial charge is 0.486 e. The van der Waals surface area contributed by atoms with Crippen LogP contribution in [0.5, 0.6) is 5.75 Å². The van der Waals surface area contributed by atoms with Crippen LogP contribution >= 0.6 is 34.8 Å². The van der Waals surface area contributed by atoms with Crippen molar-refractivity contribution >= 4 is 56.5 Å². The van der Waals surface area contributed by atoms with Crippen LogP contribution in [0.4, 0.5) is 10.1 Å². The minimum Gasteiger partial charge on any atom is -0.486 e. The molecule has 2 aromatic carbocycles. The predicted octanol–water partition coefficient (Wildman–Crippen LogP) is 4.75. The maximum absolute atomic E-state index is 14.6. The summed E-state index contributed by atoms with van der Waals surface area (Å²) in [5, 5.41) is 9.04. The second-order valence-electron chi connectivity index (χ2n) is 5.68. The van der Waals surface area contributed by atoms with Crippen LogP contribution in [0.15, 0.2) is 24.3 Å². The number of benzene rings is 2.